The van der Waals surface area contributed by atoms with Crippen molar-refractivity contribution in [2.75, 3.05) is 0 Å². The van der Waals surface area contributed by atoms with Crippen LogP contribution in [0.5, 0.6) is 0 Å². The van der Waals surface area contributed by atoms with Gasteiger partial charge in [0.15, 0.2) is 0 Å². The zero-order valence-electron chi connectivity index (χ0n) is 8.43. The summed E-state index contributed by atoms with van der Waals surface area (Å²) in [6.07, 6.45) is 4.52. The molecule has 1 aliphatic carbocycles. The molecular formula is C10H22Si. The van der Waals surface area contributed by atoms with Crippen LogP contribution in [-0.4, -0.2) is 10.2 Å². The van der Waals surface area contributed by atoms with Gasteiger partial charge in [-0.15, -0.1) is 0 Å². The summed E-state index contributed by atoms with van der Waals surface area (Å²) in [5.41, 5.74) is 1.11. The van der Waals surface area contributed by atoms with Crippen LogP contribution in [-0.2, 0) is 0 Å². The molecule has 0 bridgehead atoms. The summed E-state index contributed by atoms with van der Waals surface area (Å²) in [5, 5.41) is 0. The Labute approximate surface area is 74.2 Å². The summed E-state index contributed by atoms with van der Waals surface area (Å²) >= 11 is 0. The van der Waals surface area contributed by atoms with Gasteiger partial charge in [0, 0.05) is 10.2 Å². The first-order valence-corrected chi connectivity index (χ1v) is 6.26. The fourth-order valence-corrected chi connectivity index (χ4v) is 4.59. The Balaban J connectivity index is 2.44. The molecule has 0 amide bonds. The first-order chi connectivity index (χ1) is 5.11. The van der Waals surface area contributed by atoms with E-state index in [1.165, 1.54) is 29.5 Å². The van der Waals surface area contributed by atoms with Crippen molar-refractivity contribution in [1.29, 1.82) is 0 Å². The van der Waals surface area contributed by atoms with Crippen LogP contribution in [0, 0.1) is 17.8 Å². The Hall–Kier alpha value is 0.217. The van der Waals surface area contributed by atoms with E-state index in [0.29, 0.717) is 0 Å². The molecule has 1 saturated carbocycles. The van der Waals surface area contributed by atoms with Gasteiger partial charge < -0.3 is 0 Å². The molecule has 0 N–H and O–H groups in total. The van der Waals surface area contributed by atoms with Crippen LogP contribution < -0.4 is 0 Å². The summed E-state index contributed by atoms with van der Waals surface area (Å²) in [5.74, 6) is 3.02. The lowest BCUT2D eigenvalue weighted by atomic mass is 9.77. The molecule has 0 aromatic rings. The van der Waals surface area contributed by atoms with Gasteiger partial charge in [-0.2, -0.15) is 0 Å². The molecule has 1 heteroatoms. The number of hydrogen-bond donors (Lipinski definition) is 0. The van der Waals surface area contributed by atoms with E-state index in [1.807, 2.05) is 0 Å². The molecule has 1 fully saturated rings. The molecule has 0 heterocycles. The van der Waals surface area contributed by atoms with Crippen molar-refractivity contribution in [2.24, 2.45) is 17.8 Å². The van der Waals surface area contributed by atoms with Gasteiger partial charge in [0.2, 0.25) is 0 Å². The summed E-state index contributed by atoms with van der Waals surface area (Å²) in [7, 11) is 1.42. The van der Waals surface area contributed by atoms with Crippen LogP contribution in [0.4, 0.5) is 0 Å². The third-order valence-corrected chi connectivity index (χ3v) is 4.68. The maximum absolute atomic E-state index is 2.42. The standard InChI is InChI=1S/C10H22Si/c1-7(2)9-5-4-8(3)6-10(9)11/h7-10H,4-6H2,1-3,11H3. The minimum atomic E-state index is 0.935. The quantitative estimate of drug-likeness (QED) is 0.529. The van der Waals surface area contributed by atoms with E-state index < -0.39 is 0 Å². The molecule has 1 rings (SSSR count). The molecule has 0 aromatic carbocycles. The third kappa shape index (κ3) is 2.33. The average Bonchev–Trinajstić information content (AvgIpc) is 1.85. The molecule has 0 radical (unpaired) electrons. The molecule has 66 valence electrons. The van der Waals surface area contributed by atoms with Crippen LogP contribution in [0.2, 0.25) is 5.54 Å². The molecule has 3 unspecified atom stereocenters. The lowest BCUT2D eigenvalue weighted by molar-refractivity contribution is 0.236. The largest absolute Gasteiger partial charge is 0.0625 e. The minimum Gasteiger partial charge on any atom is -0.0625 e. The molecule has 0 saturated heterocycles. The highest BCUT2D eigenvalue weighted by Gasteiger charge is 2.26. The molecular weight excluding hydrogens is 148 g/mol. The first kappa shape index (κ1) is 9.31. The highest BCUT2D eigenvalue weighted by atomic mass is 28.1. The molecule has 11 heavy (non-hydrogen) atoms. The Morgan fingerprint density at radius 1 is 1.27 bits per heavy atom. The molecule has 3 atom stereocenters. The fraction of sp³-hybridized carbons (Fsp3) is 1.00. The van der Waals surface area contributed by atoms with Crippen molar-refractivity contribution in [1.82, 2.24) is 0 Å². The van der Waals surface area contributed by atoms with Crippen LogP contribution in [0.1, 0.15) is 40.0 Å². The maximum atomic E-state index is 2.42. The Morgan fingerprint density at radius 3 is 2.36 bits per heavy atom. The van der Waals surface area contributed by atoms with Crippen LogP contribution >= 0.6 is 0 Å². The lowest BCUT2D eigenvalue weighted by Gasteiger charge is -2.35. The zero-order valence-corrected chi connectivity index (χ0v) is 10.4. The molecule has 0 nitrogen and oxygen atoms in total. The van der Waals surface area contributed by atoms with Crippen molar-refractivity contribution >= 4 is 10.2 Å². The minimum absolute atomic E-state index is 0.935. The van der Waals surface area contributed by atoms with Gasteiger partial charge in [0.05, 0.1) is 0 Å². The van der Waals surface area contributed by atoms with E-state index in [9.17, 15) is 0 Å². The van der Waals surface area contributed by atoms with Crippen molar-refractivity contribution < 1.29 is 0 Å². The second-order valence-electron chi connectivity index (χ2n) is 4.80. The smallest absolute Gasteiger partial charge is 0.00710 e. The number of hydrogen-bond acceptors (Lipinski definition) is 0. The van der Waals surface area contributed by atoms with Crippen molar-refractivity contribution in [3.63, 3.8) is 0 Å². The summed E-state index contributed by atoms with van der Waals surface area (Å²) in [6.45, 7) is 7.21. The van der Waals surface area contributed by atoms with E-state index in [4.69, 9.17) is 0 Å². The third-order valence-electron chi connectivity index (χ3n) is 3.35. The fourth-order valence-electron chi connectivity index (χ4n) is 2.68. The van der Waals surface area contributed by atoms with E-state index in [-0.39, 0.29) is 0 Å². The SMILES string of the molecule is CC1CCC(C(C)C)C([SiH3])C1. The van der Waals surface area contributed by atoms with E-state index >= 15 is 0 Å². The Morgan fingerprint density at radius 2 is 1.91 bits per heavy atom. The zero-order chi connectivity index (χ0) is 8.43. The summed E-state index contributed by atoms with van der Waals surface area (Å²) < 4.78 is 0. The highest BCUT2D eigenvalue weighted by molar-refractivity contribution is 6.11. The molecule has 0 aliphatic heterocycles. The molecule has 0 spiro atoms. The van der Waals surface area contributed by atoms with E-state index in [1.54, 1.807) is 0 Å². The highest BCUT2D eigenvalue weighted by Crippen LogP contribution is 2.39. The summed E-state index contributed by atoms with van der Waals surface area (Å²) in [4.78, 5) is 0. The number of rotatable bonds is 1. The first-order valence-electron chi connectivity index (χ1n) is 5.11. The van der Waals surface area contributed by atoms with Crippen LogP contribution in [0.25, 0.3) is 0 Å². The predicted octanol–water partition coefficient (Wildman–Crippen LogP) is 2.23. The monoisotopic (exact) mass is 170 g/mol. The molecule has 0 aromatic heterocycles. The maximum Gasteiger partial charge on any atom is 0.00710 e. The molecule has 1 aliphatic rings. The lowest BCUT2D eigenvalue weighted by Crippen LogP contribution is -2.23. The van der Waals surface area contributed by atoms with Crippen LogP contribution in [0.3, 0.4) is 0 Å². The van der Waals surface area contributed by atoms with Gasteiger partial charge in [-0.05, 0) is 24.2 Å². The van der Waals surface area contributed by atoms with Gasteiger partial charge in [-0.1, -0.05) is 39.2 Å². The normalized spacial score (nSPS) is 39.8. The van der Waals surface area contributed by atoms with E-state index in [2.05, 4.69) is 20.8 Å². The second-order valence-corrected chi connectivity index (χ2v) is 6.29. The van der Waals surface area contributed by atoms with Crippen molar-refractivity contribution in [3.05, 3.63) is 0 Å². The predicted molar refractivity (Wildman–Crippen MR) is 55.0 cm³/mol. The van der Waals surface area contributed by atoms with Gasteiger partial charge in [0.1, 0.15) is 0 Å². The van der Waals surface area contributed by atoms with Gasteiger partial charge >= 0.3 is 0 Å². The summed E-state index contributed by atoms with van der Waals surface area (Å²) in [6, 6.07) is 0. The van der Waals surface area contributed by atoms with Gasteiger partial charge in [-0.25, -0.2) is 0 Å². The Kier molecular flexibility index (Phi) is 3.17. The van der Waals surface area contributed by atoms with Gasteiger partial charge in [0.25, 0.3) is 0 Å². The van der Waals surface area contributed by atoms with Crippen LogP contribution in [0.15, 0.2) is 0 Å². The average molecular weight is 170 g/mol. The Bertz CT molecular complexity index is 120. The van der Waals surface area contributed by atoms with E-state index in [0.717, 1.165) is 23.3 Å². The van der Waals surface area contributed by atoms with Gasteiger partial charge in [-0.3, -0.25) is 0 Å². The topological polar surface area (TPSA) is 0 Å². The second kappa shape index (κ2) is 3.75. The van der Waals surface area contributed by atoms with Crippen molar-refractivity contribution in [2.45, 2.75) is 45.6 Å². The van der Waals surface area contributed by atoms with Crippen molar-refractivity contribution in [3.8, 4) is 0 Å².